The van der Waals surface area contributed by atoms with Crippen LogP contribution in [0.15, 0.2) is 0 Å². The van der Waals surface area contributed by atoms with Gasteiger partial charge in [0.25, 0.3) is 0 Å². The van der Waals surface area contributed by atoms with Crippen LogP contribution >= 0.6 is 11.6 Å². The van der Waals surface area contributed by atoms with Crippen molar-refractivity contribution in [3.63, 3.8) is 0 Å². The van der Waals surface area contributed by atoms with Crippen LogP contribution in [0, 0.1) is 6.92 Å². The summed E-state index contributed by atoms with van der Waals surface area (Å²) in [6, 6.07) is -0.0816. The number of anilines is 1. The zero-order valence-electron chi connectivity index (χ0n) is 10.2. The summed E-state index contributed by atoms with van der Waals surface area (Å²) < 4.78 is 0. The quantitative estimate of drug-likeness (QED) is 0.786. The van der Waals surface area contributed by atoms with E-state index in [4.69, 9.17) is 17.3 Å². The standard InChI is InChI=1S/C11H17ClN4O/c1-4-9-15-10(12)7(3)11(16-9)14-6(2)5-8(13)17/h6H,4-5H2,1-3H3,(H2,13,17)(H,14,15,16). The maximum Gasteiger partial charge on any atom is 0.219 e. The number of aromatic nitrogens is 2. The summed E-state index contributed by atoms with van der Waals surface area (Å²) in [6.07, 6.45) is 0.960. The second kappa shape index (κ2) is 5.82. The molecule has 17 heavy (non-hydrogen) atoms. The van der Waals surface area contributed by atoms with E-state index in [1.807, 2.05) is 20.8 Å². The van der Waals surface area contributed by atoms with Gasteiger partial charge in [-0.2, -0.15) is 0 Å². The van der Waals surface area contributed by atoms with Crippen molar-refractivity contribution in [1.82, 2.24) is 9.97 Å². The number of carbonyl (C=O) groups excluding carboxylic acids is 1. The third kappa shape index (κ3) is 3.85. The minimum Gasteiger partial charge on any atom is -0.370 e. The number of rotatable bonds is 5. The number of aryl methyl sites for hydroxylation is 1. The fourth-order valence-corrected chi connectivity index (χ4v) is 1.60. The third-order valence-electron chi connectivity index (χ3n) is 2.34. The molecule has 1 unspecified atom stereocenters. The van der Waals surface area contributed by atoms with Gasteiger partial charge in [0.15, 0.2) is 0 Å². The lowest BCUT2D eigenvalue weighted by atomic mass is 10.2. The van der Waals surface area contributed by atoms with E-state index in [0.717, 1.165) is 5.56 Å². The van der Waals surface area contributed by atoms with Crippen LogP contribution < -0.4 is 11.1 Å². The zero-order chi connectivity index (χ0) is 13.0. The van der Waals surface area contributed by atoms with E-state index >= 15 is 0 Å². The Hall–Kier alpha value is -1.36. The van der Waals surface area contributed by atoms with Gasteiger partial charge in [-0.25, -0.2) is 9.97 Å². The highest BCUT2D eigenvalue weighted by Gasteiger charge is 2.12. The van der Waals surface area contributed by atoms with Gasteiger partial charge >= 0.3 is 0 Å². The van der Waals surface area contributed by atoms with Gasteiger partial charge in [0.1, 0.15) is 16.8 Å². The van der Waals surface area contributed by atoms with E-state index < -0.39 is 0 Å². The monoisotopic (exact) mass is 256 g/mol. The molecule has 1 heterocycles. The molecule has 0 bridgehead atoms. The zero-order valence-corrected chi connectivity index (χ0v) is 11.0. The Morgan fingerprint density at radius 1 is 1.53 bits per heavy atom. The Bertz CT molecular complexity index is 422. The first-order valence-electron chi connectivity index (χ1n) is 5.51. The highest BCUT2D eigenvalue weighted by Crippen LogP contribution is 2.20. The average Bonchev–Trinajstić information content (AvgIpc) is 2.23. The molecule has 0 aliphatic carbocycles. The van der Waals surface area contributed by atoms with E-state index in [9.17, 15) is 4.79 Å². The smallest absolute Gasteiger partial charge is 0.219 e. The topological polar surface area (TPSA) is 80.9 Å². The Balaban J connectivity index is 2.89. The normalized spacial score (nSPS) is 12.2. The molecule has 0 aromatic carbocycles. The lowest BCUT2D eigenvalue weighted by Gasteiger charge is -2.15. The van der Waals surface area contributed by atoms with Gasteiger partial charge in [0, 0.05) is 24.4 Å². The number of amides is 1. The van der Waals surface area contributed by atoms with Gasteiger partial charge in [-0.1, -0.05) is 18.5 Å². The highest BCUT2D eigenvalue weighted by atomic mass is 35.5. The summed E-state index contributed by atoms with van der Waals surface area (Å²) >= 11 is 6.00. The molecule has 1 atom stereocenters. The molecule has 1 rings (SSSR count). The molecule has 3 N–H and O–H groups in total. The lowest BCUT2D eigenvalue weighted by Crippen LogP contribution is -2.25. The minimum absolute atomic E-state index is 0.0816. The van der Waals surface area contributed by atoms with Crippen LogP contribution in [0.1, 0.15) is 31.7 Å². The van der Waals surface area contributed by atoms with Crippen molar-refractivity contribution in [3.05, 3.63) is 16.5 Å². The second-order valence-corrected chi connectivity index (χ2v) is 4.33. The van der Waals surface area contributed by atoms with Crippen LogP contribution in [0.2, 0.25) is 5.15 Å². The molecule has 1 amide bonds. The summed E-state index contributed by atoms with van der Waals surface area (Å²) in [6.45, 7) is 5.66. The first-order chi connectivity index (χ1) is 7.93. The SMILES string of the molecule is CCc1nc(Cl)c(C)c(NC(C)CC(N)=O)n1. The van der Waals surface area contributed by atoms with Crippen molar-refractivity contribution >= 4 is 23.3 Å². The summed E-state index contributed by atoms with van der Waals surface area (Å²) in [5.74, 6) is 0.989. The maximum absolute atomic E-state index is 10.8. The van der Waals surface area contributed by atoms with Gasteiger partial charge in [-0.3, -0.25) is 4.79 Å². The maximum atomic E-state index is 10.8. The first kappa shape index (κ1) is 13.7. The molecule has 0 spiro atoms. The van der Waals surface area contributed by atoms with Crippen molar-refractivity contribution in [1.29, 1.82) is 0 Å². The lowest BCUT2D eigenvalue weighted by molar-refractivity contribution is -0.118. The van der Waals surface area contributed by atoms with Gasteiger partial charge in [-0.05, 0) is 13.8 Å². The molecule has 5 nitrogen and oxygen atoms in total. The van der Waals surface area contributed by atoms with Crippen LogP contribution in [0.4, 0.5) is 5.82 Å². The summed E-state index contributed by atoms with van der Waals surface area (Å²) in [5, 5.41) is 3.56. The predicted molar refractivity (Wildman–Crippen MR) is 68.1 cm³/mol. The van der Waals surface area contributed by atoms with Crippen molar-refractivity contribution in [2.75, 3.05) is 5.32 Å². The molecule has 0 saturated heterocycles. The Labute approximate surface area is 106 Å². The fourth-order valence-electron chi connectivity index (χ4n) is 1.42. The van der Waals surface area contributed by atoms with Crippen LogP contribution in [0.25, 0.3) is 0 Å². The van der Waals surface area contributed by atoms with Gasteiger partial charge in [-0.15, -0.1) is 0 Å². The Morgan fingerprint density at radius 2 is 2.18 bits per heavy atom. The fraction of sp³-hybridized carbons (Fsp3) is 0.545. The van der Waals surface area contributed by atoms with Gasteiger partial charge in [0.05, 0.1) is 0 Å². The van der Waals surface area contributed by atoms with Crippen molar-refractivity contribution in [2.24, 2.45) is 5.73 Å². The number of nitrogens with two attached hydrogens (primary N) is 1. The predicted octanol–water partition coefficient (Wildman–Crippen LogP) is 1.68. The first-order valence-corrected chi connectivity index (χ1v) is 5.89. The van der Waals surface area contributed by atoms with E-state index in [0.29, 0.717) is 23.2 Å². The van der Waals surface area contributed by atoms with Crippen molar-refractivity contribution in [3.8, 4) is 0 Å². The number of halogens is 1. The molecule has 1 aromatic heterocycles. The summed E-state index contributed by atoms with van der Waals surface area (Å²) in [5.41, 5.74) is 5.91. The van der Waals surface area contributed by atoms with Crippen LogP contribution in [0.5, 0.6) is 0 Å². The molecular weight excluding hydrogens is 240 g/mol. The second-order valence-electron chi connectivity index (χ2n) is 3.97. The minimum atomic E-state index is -0.349. The molecule has 0 fully saturated rings. The van der Waals surface area contributed by atoms with Crippen molar-refractivity contribution < 1.29 is 4.79 Å². The van der Waals surface area contributed by atoms with E-state index in [2.05, 4.69) is 15.3 Å². The number of carbonyl (C=O) groups is 1. The number of nitrogens with zero attached hydrogens (tertiary/aromatic N) is 2. The van der Waals surface area contributed by atoms with E-state index in [-0.39, 0.29) is 18.4 Å². The molecule has 94 valence electrons. The third-order valence-corrected chi connectivity index (χ3v) is 2.71. The van der Waals surface area contributed by atoms with E-state index in [1.165, 1.54) is 0 Å². The molecule has 0 radical (unpaired) electrons. The number of hydrogen-bond acceptors (Lipinski definition) is 4. The molecule has 1 aromatic rings. The van der Waals surface area contributed by atoms with Crippen LogP contribution in [0.3, 0.4) is 0 Å². The van der Waals surface area contributed by atoms with Gasteiger partial charge in [0.2, 0.25) is 5.91 Å². The molecule has 0 aliphatic heterocycles. The summed E-state index contributed by atoms with van der Waals surface area (Å²) in [4.78, 5) is 19.3. The van der Waals surface area contributed by atoms with Gasteiger partial charge < -0.3 is 11.1 Å². The highest BCUT2D eigenvalue weighted by molar-refractivity contribution is 6.30. The number of primary amides is 1. The molecule has 0 saturated carbocycles. The van der Waals surface area contributed by atoms with Crippen LogP contribution in [-0.4, -0.2) is 21.9 Å². The summed E-state index contributed by atoms with van der Waals surface area (Å²) in [7, 11) is 0. The number of nitrogens with one attached hydrogen (secondary N) is 1. The average molecular weight is 257 g/mol. The molecule has 6 heteroatoms. The molecular formula is C11H17ClN4O. The van der Waals surface area contributed by atoms with Crippen molar-refractivity contribution in [2.45, 2.75) is 39.7 Å². The number of hydrogen-bond donors (Lipinski definition) is 2. The Morgan fingerprint density at radius 3 is 2.71 bits per heavy atom. The van der Waals surface area contributed by atoms with E-state index in [1.54, 1.807) is 0 Å². The largest absolute Gasteiger partial charge is 0.370 e. The van der Waals surface area contributed by atoms with Crippen LogP contribution in [-0.2, 0) is 11.2 Å². The molecule has 0 aliphatic rings. The Kier molecular flexibility index (Phi) is 4.69.